The molecule has 1 saturated heterocycles. The van der Waals surface area contributed by atoms with Crippen LogP contribution >= 0.6 is 0 Å². The number of nitrogens with zero attached hydrogens (tertiary/aromatic N) is 2. The van der Waals surface area contributed by atoms with Crippen LogP contribution in [0, 0.1) is 6.92 Å². The molecule has 1 aliphatic heterocycles. The van der Waals surface area contributed by atoms with Crippen LogP contribution in [-0.4, -0.2) is 18.1 Å². The number of benzene rings is 1. The van der Waals surface area contributed by atoms with E-state index in [0.717, 1.165) is 0 Å². The van der Waals surface area contributed by atoms with Crippen LogP contribution in [0.5, 0.6) is 0 Å². The molecule has 0 amide bonds. The summed E-state index contributed by atoms with van der Waals surface area (Å²) in [6.45, 7) is 4.48. The number of rotatable bonds is 2. The molecule has 92 valence electrons. The van der Waals surface area contributed by atoms with Gasteiger partial charge < -0.3 is 4.90 Å². The second-order valence-corrected chi connectivity index (χ2v) is 4.99. The van der Waals surface area contributed by atoms with E-state index in [2.05, 4.69) is 47.1 Å². The highest BCUT2D eigenvalue weighted by atomic mass is 15.1. The molecule has 0 spiro atoms. The smallest absolute Gasteiger partial charge is 0.0366 e. The highest BCUT2D eigenvalue weighted by molar-refractivity contribution is 5.66. The quantitative estimate of drug-likeness (QED) is 0.793. The minimum atomic E-state index is 1.20. The van der Waals surface area contributed by atoms with Crippen LogP contribution in [0.15, 0.2) is 42.7 Å². The van der Waals surface area contributed by atoms with Crippen molar-refractivity contribution >= 4 is 5.69 Å². The van der Waals surface area contributed by atoms with E-state index in [1.165, 1.54) is 48.3 Å². The first-order chi connectivity index (χ1) is 8.83. The second kappa shape index (κ2) is 4.81. The average molecular weight is 238 g/mol. The van der Waals surface area contributed by atoms with Crippen molar-refractivity contribution in [2.45, 2.75) is 19.8 Å². The molecule has 1 aromatic heterocycles. The van der Waals surface area contributed by atoms with E-state index < -0.39 is 0 Å². The lowest BCUT2D eigenvalue weighted by atomic mass is 10.1. The van der Waals surface area contributed by atoms with E-state index in [1.54, 1.807) is 0 Å². The molecule has 2 heterocycles. The van der Waals surface area contributed by atoms with Gasteiger partial charge in [0.25, 0.3) is 0 Å². The summed E-state index contributed by atoms with van der Waals surface area (Å²) in [5.74, 6) is 0. The van der Waals surface area contributed by atoms with E-state index in [4.69, 9.17) is 0 Å². The lowest BCUT2D eigenvalue weighted by Gasteiger charge is -2.17. The topological polar surface area (TPSA) is 16.1 Å². The summed E-state index contributed by atoms with van der Waals surface area (Å²) >= 11 is 0. The van der Waals surface area contributed by atoms with Crippen molar-refractivity contribution in [1.82, 2.24) is 4.98 Å². The van der Waals surface area contributed by atoms with E-state index in [9.17, 15) is 0 Å². The Kier molecular flexibility index (Phi) is 3.01. The largest absolute Gasteiger partial charge is 0.372 e. The van der Waals surface area contributed by atoms with Gasteiger partial charge in [-0.2, -0.15) is 0 Å². The number of anilines is 1. The Bertz CT molecular complexity index is 525. The number of hydrogen-bond acceptors (Lipinski definition) is 2. The number of hydrogen-bond donors (Lipinski definition) is 0. The van der Waals surface area contributed by atoms with Crippen LogP contribution < -0.4 is 4.90 Å². The Labute approximate surface area is 108 Å². The molecular formula is C16H18N2. The van der Waals surface area contributed by atoms with Gasteiger partial charge in [-0.15, -0.1) is 0 Å². The fourth-order valence-electron chi connectivity index (χ4n) is 2.55. The molecule has 18 heavy (non-hydrogen) atoms. The molecule has 2 heteroatoms. The summed E-state index contributed by atoms with van der Waals surface area (Å²) in [6.07, 6.45) is 6.47. The molecule has 0 bridgehead atoms. The average Bonchev–Trinajstić information content (AvgIpc) is 2.93. The first-order valence-electron chi connectivity index (χ1n) is 6.60. The van der Waals surface area contributed by atoms with E-state index in [0.29, 0.717) is 0 Å². The van der Waals surface area contributed by atoms with Gasteiger partial charge in [-0.1, -0.05) is 12.1 Å². The van der Waals surface area contributed by atoms with Crippen molar-refractivity contribution in [3.63, 3.8) is 0 Å². The van der Waals surface area contributed by atoms with Gasteiger partial charge in [0, 0.05) is 36.7 Å². The van der Waals surface area contributed by atoms with Gasteiger partial charge in [0.2, 0.25) is 0 Å². The Morgan fingerprint density at radius 1 is 0.944 bits per heavy atom. The summed E-state index contributed by atoms with van der Waals surface area (Å²) in [6, 6.07) is 11.0. The Balaban J connectivity index is 1.86. The van der Waals surface area contributed by atoms with Crippen LogP contribution in [0.2, 0.25) is 0 Å². The predicted octanol–water partition coefficient (Wildman–Crippen LogP) is 3.66. The van der Waals surface area contributed by atoms with Crippen molar-refractivity contribution in [2.24, 2.45) is 0 Å². The van der Waals surface area contributed by atoms with Gasteiger partial charge in [0.05, 0.1) is 0 Å². The zero-order valence-corrected chi connectivity index (χ0v) is 10.8. The Hall–Kier alpha value is -1.83. The van der Waals surface area contributed by atoms with Crippen molar-refractivity contribution < 1.29 is 0 Å². The van der Waals surface area contributed by atoms with E-state index in [1.807, 2.05) is 12.4 Å². The zero-order chi connectivity index (χ0) is 12.4. The normalized spacial score (nSPS) is 15.1. The fourth-order valence-corrected chi connectivity index (χ4v) is 2.55. The highest BCUT2D eigenvalue weighted by Gasteiger charge is 2.11. The minimum absolute atomic E-state index is 1.20. The lowest BCUT2D eigenvalue weighted by Crippen LogP contribution is -2.17. The number of aryl methyl sites for hydroxylation is 1. The van der Waals surface area contributed by atoms with Crippen molar-refractivity contribution in [1.29, 1.82) is 0 Å². The molecule has 0 radical (unpaired) electrons. The van der Waals surface area contributed by atoms with Crippen LogP contribution in [0.4, 0.5) is 5.69 Å². The van der Waals surface area contributed by atoms with Gasteiger partial charge in [-0.05, 0) is 49.1 Å². The Morgan fingerprint density at radius 2 is 1.67 bits per heavy atom. The van der Waals surface area contributed by atoms with Crippen molar-refractivity contribution in [3.8, 4) is 11.1 Å². The standard InChI is InChI=1S/C16H18N2/c1-13-10-15(12-17-11-13)14-4-6-16(7-5-14)18-8-2-3-9-18/h4-7,10-12H,2-3,8-9H2,1H3. The molecule has 1 aliphatic rings. The maximum absolute atomic E-state index is 4.25. The van der Waals surface area contributed by atoms with Crippen LogP contribution in [0.25, 0.3) is 11.1 Å². The molecule has 2 aromatic rings. The maximum Gasteiger partial charge on any atom is 0.0366 e. The third-order valence-corrected chi connectivity index (χ3v) is 3.55. The van der Waals surface area contributed by atoms with Gasteiger partial charge in [0.1, 0.15) is 0 Å². The monoisotopic (exact) mass is 238 g/mol. The van der Waals surface area contributed by atoms with Crippen LogP contribution in [0.3, 0.4) is 0 Å². The number of pyridine rings is 1. The molecular weight excluding hydrogens is 220 g/mol. The van der Waals surface area contributed by atoms with E-state index >= 15 is 0 Å². The van der Waals surface area contributed by atoms with Crippen molar-refractivity contribution in [2.75, 3.05) is 18.0 Å². The summed E-state index contributed by atoms with van der Waals surface area (Å²) < 4.78 is 0. The molecule has 1 fully saturated rings. The summed E-state index contributed by atoms with van der Waals surface area (Å²) in [5.41, 5.74) is 4.99. The SMILES string of the molecule is Cc1cncc(-c2ccc(N3CCCC3)cc2)c1. The summed E-state index contributed by atoms with van der Waals surface area (Å²) in [5, 5.41) is 0. The number of aromatic nitrogens is 1. The summed E-state index contributed by atoms with van der Waals surface area (Å²) in [4.78, 5) is 6.71. The molecule has 1 aromatic carbocycles. The van der Waals surface area contributed by atoms with Crippen molar-refractivity contribution in [3.05, 3.63) is 48.3 Å². The first-order valence-corrected chi connectivity index (χ1v) is 6.60. The fraction of sp³-hybridized carbons (Fsp3) is 0.312. The van der Waals surface area contributed by atoms with Gasteiger partial charge in [-0.3, -0.25) is 4.98 Å². The summed E-state index contributed by atoms with van der Waals surface area (Å²) in [7, 11) is 0. The van der Waals surface area contributed by atoms with Crippen LogP contribution in [0.1, 0.15) is 18.4 Å². The molecule has 2 nitrogen and oxygen atoms in total. The maximum atomic E-state index is 4.25. The van der Waals surface area contributed by atoms with Gasteiger partial charge in [0.15, 0.2) is 0 Å². The van der Waals surface area contributed by atoms with Gasteiger partial charge >= 0.3 is 0 Å². The van der Waals surface area contributed by atoms with E-state index in [-0.39, 0.29) is 0 Å². The molecule has 3 rings (SSSR count). The lowest BCUT2D eigenvalue weighted by molar-refractivity contribution is 0.949. The van der Waals surface area contributed by atoms with Gasteiger partial charge in [-0.25, -0.2) is 0 Å². The molecule has 0 N–H and O–H groups in total. The second-order valence-electron chi connectivity index (χ2n) is 4.99. The molecule has 0 saturated carbocycles. The molecule has 0 atom stereocenters. The highest BCUT2D eigenvalue weighted by Crippen LogP contribution is 2.25. The predicted molar refractivity (Wildman–Crippen MR) is 75.9 cm³/mol. The Morgan fingerprint density at radius 3 is 2.33 bits per heavy atom. The molecule has 0 unspecified atom stereocenters. The zero-order valence-electron chi connectivity index (χ0n) is 10.8. The van der Waals surface area contributed by atoms with Crippen LogP contribution in [-0.2, 0) is 0 Å². The molecule has 0 aliphatic carbocycles. The minimum Gasteiger partial charge on any atom is -0.372 e. The third-order valence-electron chi connectivity index (χ3n) is 3.55. The first kappa shape index (κ1) is 11.3. The third kappa shape index (κ3) is 2.23.